The zero-order valence-corrected chi connectivity index (χ0v) is 17.6. The number of nitrogens with zero attached hydrogens (tertiary/aromatic N) is 1. The lowest BCUT2D eigenvalue weighted by atomic mass is 10.0. The van der Waals surface area contributed by atoms with Crippen molar-refractivity contribution >= 4 is 21.6 Å². The van der Waals surface area contributed by atoms with Crippen molar-refractivity contribution in [1.82, 2.24) is 5.32 Å². The van der Waals surface area contributed by atoms with Crippen LogP contribution in [0.3, 0.4) is 0 Å². The van der Waals surface area contributed by atoms with Gasteiger partial charge in [0.05, 0.1) is 25.0 Å². The summed E-state index contributed by atoms with van der Waals surface area (Å²) in [7, 11) is -3.53. The molecule has 0 saturated carbocycles. The van der Waals surface area contributed by atoms with Crippen molar-refractivity contribution in [1.29, 1.82) is 0 Å². The molecule has 2 aromatic rings. The van der Waals surface area contributed by atoms with Crippen LogP contribution in [0.2, 0.25) is 0 Å². The summed E-state index contributed by atoms with van der Waals surface area (Å²) in [5, 5.41) is 2.76. The quantitative estimate of drug-likeness (QED) is 0.699. The van der Waals surface area contributed by atoms with Crippen molar-refractivity contribution < 1.29 is 22.7 Å². The molecule has 0 bridgehead atoms. The Morgan fingerprint density at radius 2 is 1.90 bits per heavy atom. The van der Waals surface area contributed by atoms with E-state index in [0.29, 0.717) is 24.0 Å². The van der Waals surface area contributed by atoms with Crippen molar-refractivity contribution in [2.75, 3.05) is 30.3 Å². The van der Waals surface area contributed by atoms with Gasteiger partial charge >= 0.3 is 0 Å². The molecule has 1 heterocycles. The third-order valence-corrected chi connectivity index (χ3v) is 5.77. The molecule has 0 radical (unpaired) electrons. The first-order valence-electron chi connectivity index (χ1n) is 9.50. The lowest BCUT2D eigenvalue weighted by Gasteiger charge is -2.33. The summed E-state index contributed by atoms with van der Waals surface area (Å²) >= 11 is 0. The molecule has 1 aliphatic rings. The van der Waals surface area contributed by atoms with Gasteiger partial charge in [-0.3, -0.25) is 9.10 Å². The van der Waals surface area contributed by atoms with Gasteiger partial charge in [-0.15, -0.1) is 0 Å². The number of benzene rings is 2. The van der Waals surface area contributed by atoms with Gasteiger partial charge in [0.2, 0.25) is 10.0 Å². The highest BCUT2D eigenvalue weighted by molar-refractivity contribution is 7.92. The van der Waals surface area contributed by atoms with Crippen LogP contribution in [-0.4, -0.2) is 46.4 Å². The van der Waals surface area contributed by atoms with Crippen molar-refractivity contribution in [3.8, 4) is 11.5 Å². The molecule has 0 aromatic heterocycles. The highest BCUT2D eigenvalue weighted by Gasteiger charge is 2.34. The maximum Gasteiger partial charge on any atom is 0.263 e. The van der Waals surface area contributed by atoms with Crippen molar-refractivity contribution in [2.24, 2.45) is 0 Å². The summed E-state index contributed by atoms with van der Waals surface area (Å²) in [4.78, 5) is 12.6. The van der Waals surface area contributed by atoms with Crippen LogP contribution in [0.25, 0.3) is 0 Å². The second kappa shape index (κ2) is 8.73. The van der Waals surface area contributed by atoms with Crippen LogP contribution in [0.5, 0.6) is 11.5 Å². The normalized spacial score (nSPS) is 16.1. The number of hydrogen-bond acceptors (Lipinski definition) is 5. The van der Waals surface area contributed by atoms with E-state index >= 15 is 0 Å². The highest BCUT2D eigenvalue weighted by Crippen LogP contribution is 2.34. The Labute approximate surface area is 171 Å². The third kappa shape index (κ3) is 5.00. The van der Waals surface area contributed by atoms with Crippen LogP contribution in [0.1, 0.15) is 25.3 Å². The SMILES string of the molecule is CC(C)c1ccccc1OCCNC(=O)[C@@H]1CN(S(C)(=O)=O)c2ccccc2O1. The number of carbonyl (C=O) groups is 1. The second-order valence-corrected chi connectivity index (χ2v) is 9.11. The predicted molar refractivity (Wildman–Crippen MR) is 112 cm³/mol. The molecule has 1 N–H and O–H groups in total. The number of sulfonamides is 1. The summed E-state index contributed by atoms with van der Waals surface area (Å²) in [6, 6.07) is 14.6. The van der Waals surface area contributed by atoms with Gasteiger partial charge < -0.3 is 14.8 Å². The van der Waals surface area contributed by atoms with E-state index in [-0.39, 0.29) is 19.0 Å². The number of rotatable bonds is 7. The molecule has 29 heavy (non-hydrogen) atoms. The van der Waals surface area contributed by atoms with Crippen molar-refractivity contribution in [2.45, 2.75) is 25.9 Å². The van der Waals surface area contributed by atoms with Gasteiger partial charge in [-0.05, 0) is 29.7 Å². The summed E-state index contributed by atoms with van der Waals surface area (Å²) in [6.45, 7) is 4.70. The molecule has 156 valence electrons. The summed E-state index contributed by atoms with van der Waals surface area (Å²) in [5.74, 6) is 1.11. The molecule has 2 aromatic carbocycles. The maximum absolute atomic E-state index is 12.6. The molecular formula is C21H26N2O5S. The fraction of sp³-hybridized carbons (Fsp3) is 0.381. The molecule has 1 atom stereocenters. The average molecular weight is 419 g/mol. The summed E-state index contributed by atoms with van der Waals surface area (Å²) in [6.07, 6.45) is 0.187. The number of para-hydroxylation sites is 3. The number of nitrogens with one attached hydrogen (secondary N) is 1. The minimum absolute atomic E-state index is 0.0707. The lowest BCUT2D eigenvalue weighted by molar-refractivity contribution is -0.127. The lowest BCUT2D eigenvalue weighted by Crippen LogP contribution is -2.51. The monoisotopic (exact) mass is 418 g/mol. The molecule has 1 aliphatic heterocycles. The highest BCUT2D eigenvalue weighted by atomic mass is 32.2. The minimum atomic E-state index is -3.53. The minimum Gasteiger partial charge on any atom is -0.491 e. The summed E-state index contributed by atoms with van der Waals surface area (Å²) < 4.78 is 37.0. The van der Waals surface area contributed by atoms with Crippen LogP contribution in [0, 0.1) is 0 Å². The Kier molecular flexibility index (Phi) is 6.32. The van der Waals surface area contributed by atoms with Gasteiger partial charge in [-0.25, -0.2) is 8.42 Å². The molecule has 0 unspecified atom stereocenters. The Balaban J connectivity index is 1.59. The second-order valence-electron chi connectivity index (χ2n) is 7.20. The topological polar surface area (TPSA) is 84.9 Å². The molecule has 1 amide bonds. The fourth-order valence-corrected chi connectivity index (χ4v) is 4.11. The first kappa shape index (κ1) is 21.0. The third-order valence-electron chi connectivity index (χ3n) is 4.63. The number of hydrogen-bond donors (Lipinski definition) is 1. The van der Waals surface area contributed by atoms with Crippen LogP contribution in [0.4, 0.5) is 5.69 Å². The number of amides is 1. The Hall–Kier alpha value is -2.74. The maximum atomic E-state index is 12.6. The Morgan fingerprint density at radius 1 is 1.21 bits per heavy atom. The predicted octanol–water partition coefficient (Wildman–Crippen LogP) is 2.53. The molecule has 3 rings (SSSR count). The molecule has 0 fully saturated rings. The molecule has 8 heteroatoms. The number of anilines is 1. The van der Waals surface area contributed by atoms with E-state index in [1.54, 1.807) is 24.3 Å². The van der Waals surface area contributed by atoms with Gasteiger partial charge in [-0.1, -0.05) is 44.2 Å². The van der Waals surface area contributed by atoms with Crippen molar-refractivity contribution in [3.63, 3.8) is 0 Å². The van der Waals surface area contributed by atoms with Gasteiger partial charge in [-0.2, -0.15) is 0 Å². The van der Waals surface area contributed by atoms with Crippen LogP contribution < -0.4 is 19.1 Å². The molecule has 0 aliphatic carbocycles. The van der Waals surface area contributed by atoms with Crippen LogP contribution in [0.15, 0.2) is 48.5 Å². The Bertz CT molecular complexity index is 975. The zero-order valence-electron chi connectivity index (χ0n) is 16.8. The van der Waals surface area contributed by atoms with Crippen molar-refractivity contribution in [3.05, 3.63) is 54.1 Å². The van der Waals surface area contributed by atoms with E-state index in [1.807, 2.05) is 24.3 Å². The smallest absolute Gasteiger partial charge is 0.263 e. The van der Waals surface area contributed by atoms with Crippen LogP contribution in [-0.2, 0) is 14.8 Å². The van der Waals surface area contributed by atoms with Gasteiger partial charge in [0.1, 0.15) is 18.1 Å². The zero-order chi connectivity index (χ0) is 21.0. The summed E-state index contributed by atoms with van der Waals surface area (Å²) in [5.41, 5.74) is 1.54. The van der Waals surface area contributed by atoms with E-state index in [0.717, 1.165) is 17.6 Å². The standard InChI is InChI=1S/C21H26N2O5S/c1-15(2)16-8-4-6-10-18(16)27-13-12-22-21(24)20-14-23(29(3,25)26)17-9-5-7-11-19(17)28-20/h4-11,15,20H,12-14H2,1-3H3,(H,22,24)/t20-/m0/s1. The Morgan fingerprint density at radius 3 is 2.62 bits per heavy atom. The van der Waals surface area contributed by atoms with Gasteiger partial charge in [0, 0.05) is 0 Å². The van der Waals surface area contributed by atoms with E-state index in [2.05, 4.69) is 19.2 Å². The van der Waals surface area contributed by atoms with Gasteiger partial charge in [0.15, 0.2) is 6.10 Å². The fourth-order valence-electron chi connectivity index (χ4n) is 3.19. The molecule has 0 spiro atoms. The first-order valence-corrected chi connectivity index (χ1v) is 11.3. The van der Waals surface area contributed by atoms with Gasteiger partial charge in [0.25, 0.3) is 5.91 Å². The first-order chi connectivity index (χ1) is 13.8. The molecule has 0 saturated heterocycles. The van der Waals surface area contributed by atoms with E-state index in [4.69, 9.17) is 9.47 Å². The van der Waals surface area contributed by atoms with Crippen LogP contribution >= 0.6 is 0 Å². The van der Waals surface area contributed by atoms with E-state index in [9.17, 15) is 13.2 Å². The van der Waals surface area contributed by atoms with E-state index < -0.39 is 16.1 Å². The number of ether oxygens (including phenoxy) is 2. The van der Waals surface area contributed by atoms with E-state index in [1.165, 1.54) is 4.31 Å². The number of carbonyl (C=O) groups excluding carboxylic acids is 1. The average Bonchev–Trinajstić information content (AvgIpc) is 2.69. The molecular weight excluding hydrogens is 392 g/mol. The number of fused-ring (bicyclic) bond motifs is 1. The molecule has 7 nitrogen and oxygen atoms in total. The largest absolute Gasteiger partial charge is 0.491 e.